The molecule has 3 aromatic rings. The lowest BCUT2D eigenvalue weighted by atomic mass is 10.0. The van der Waals surface area contributed by atoms with Crippen LogP contribution in [0.2, 0.25) is 0 Å². The summed E-state index contributed by atoms with van der Waals surface area (Å²) in [6.45, 7) is -0.508. The van der Waals surface area contributed by atoms with Crippen LogP contribution in [0.3, 0.4) is 0 Å². The molecule has 154 valence electrons. The highest BCUT2D eigenvalue weighted by molar-refractivity contribution is 9.11. The Balaban J connectivity index is 1.77. The summed E-state index contributed by atoms with van der Waals surface area (Å²) in [6, 6.07) is 18.5. The van der Waals surface area contributed by atoms with Gasteiger partial charge in [-0.05, 0) is 73.3 Å². The second-order valence-electron chi connectivity index (χ2n) is 6.27. The predicted molar refractivity (Wildman–Crippen MR) is 120 cm³/mol. The molecule has 0 spiro atoms. The van der Waals surface area contributed by atoms with Crippen molar-refractivity contribution >= 4 is 44.0 Å². The van der Waals surface area contributed by atoms with Crippen LogP contribution in [-0.4, -0.2) is 29.0 Å². The molecule has 3 aromatic carbocycles. The average molecular weight is 535 g/mol. The van der Waals surface area contributed by atoms with Crippen molar-refractivity contribution in [3.8, 4) is 17.2 Å². The second kappa shape index (κ2) is 10.3. The van der Waals surface area contributed by atoms with Gasteiger partial charge in [0.05, 0.1) is 15.2 Å². The molecule has 0 aliphatic carbocycles. The fourth-order valence-corrected chi connectivity index (χ4v) is 4.03. The van der Waals surface area contributed by atoms with E-state index in [9.17, 15) is 9.90 Å². The number of hydrogen-bond donors (Lipinski definition) is 2. The number of ether oxygens (including phenoxy) is 1. The number of hydrogen-bond acceptors (Lipinski definition) is 5. The van der Waals surface area contributed by atoms with Crippen LogP contribution in [0, 0.1) is 0 Å². The number of rotatable bonds is 8. The number of aliphatic carboxylic acids is 1. The molecule has 3 rings (SSSR count). The second-order valence-corrected chi connectivity index (χ2v) is 7.98. The number of benzene rings is 3. The lowest BCUT2D eigenvalue weighted by Crippen LogP contribution is -2.03. The minimum atomic E-state index is -1.10. The standard InChI is InChI=1S/C22H17Br2NO5/c23-18-9-15(12-25-29-13-21(27)28)10-19(24)22(18)30-17-6-7-20(26)16(11-17)8-14-4-2-1-3-5-14/h1-7,9-12,26H,8,13H2,(H,27,28). The lowest BCUT2D eigenvalue weighted by Gasteiger charge is -2.13. The summed E-state index contributed by atoms with van der Waals surface area (Å²) >= 11 is 6.95. The van der Waals surface area contributed by atoms with Gasteiger partial charge >= 0.3 is 5.97 Å². The van der Waals surface area contributed by atoms with E-state index in [2.05, 4.69) is 41.9 Å². The summed E-state index contributed by atoms with van der Waals surface area (Å²) in [5.74, 6) is 0.234. The number of phenolic OH excluding ortho intramolecular Hbond substituents is 1. The largest absolute Gasteiger partial charge is 0.508 e. The summed E-state index contributed by atoms with van der Waals surface area (Å²) < 4.78 is 7.35. The minimum absolute atomic E-state index is 0.206. The van der Waals surface area contributed by atoms with Gasteiger partial charge in [-0.1, -0.05) is 35.5 Å². The highest BCUT2D eigenvalue weighted by atomic mass is 79.9. The molecular weight excluding hydrogens is 518 g/mol. The van der Waals surface area contributed by atoms with E-state index in [1.165, 1.54) is 6.21 Å². The molecule has 8 heteroatoms. The maximum atomic E-state index is 10.4. The third-order valence-corrected chi connectivity index (χ3v) is 5.17. The van der Waals surface area contributed by atoms with Crippen LogP contribution < -0.4 is 4.74 Å². The molecule has 0 aliphatic heterocycles. The smallest absolute Gasteiger partial charge is 0.344 e. The van der Waals surface area contributed by atoms with E-state index >= 15 is 0 Å². The molecule has 0 amide bonds. The Bertz CT molecular complexity index is 1050. The molecule has 0 atom stereocenters. The van der Waals surface area contributed by atoms with Gasteiger partial charge < -0.3 is 19.8 Å². The van der Waals surface area contributed by atoms with Crippen LogP contribution in [0.1, 0.15) is 16.7 Å². The zero-order valence-electron chi connectivity index (χ0n) is 15.6. The van der Waals surface area contributed by atoms with Crippen molar-refractivity contribution in [2.75, 3.05) is 6.61 Å². The number of oxime groups is 1. The number of carbonyl (C=O) groups is 1. The molecule has 0 heterocycles. The summed E-state index contributed by atoms with van der Waals surface area (Å²) in [5, 5.41) is 22.4. The van der Waals surface area contributed by atoms with Crippen molar-refractivity contribution in [3.05, 3.63) is 86.3 Å². The van der Waals surface area contributed by atoms with Gasteiger partial charge in [0, 0.05) is 12.0 Å². The molecule has 0 aromatic heterocycles. The zero-order valence-corrected chi connectivity index (χ0v) is 18.8. The molecular formula is C22H17Br2NO5. The van der Waals surface area contributed by atoms with E-state index < -0.39 is 12.6 Å². The van der Waals surface area contributed by atoms with Gasteiger partial charge in [-0.2, -0.15) is 0 Å². The van der Waals surface area contributed by atoms with Crippen LogP contribution in [0.25, 0.3) is 0 Å². The van der Waals surface area contributed by atoms with Gasteiger partial charge in [0.15, 0.2) is 5.75 Å². The van der Waals surface area contributed by atoms with Gasteiger partial charge in [0.1, 0.15) is 11.5 Å². The Hall–Kier alpha value is -2.84. The van der Waals surface area contributed by atoms with E-state index in [0.29, 0.717) is 32.4 Å². The number of carboxylic acids is 1. The molecule has 6 nitrogen and oxygen atoms in total. The molecule has 0 bridgehead atoms. The Morgan fingerprint density at radius 1 is 1.03 bits per heavy atom. The van der Waals surface area contributed by atoms with Gasteiger partial charge in [-0.3, -0.25) is 0 Å². The first-order chi connectivity index (χ1) is 14.4. The molecule has 0 fully saturated rings. The van der Waals surface area contributed by atoms with Crippen molar-refractivity contribution in [1.82, 2.24) is 0 Å². The number of halogens is 2. The zero-order chi connectivity index (χ0) is 21.5. The Morgan fingerprint density at radius 3 is 2.40 bits per heavy atom. The van der Waals surface area contributed by atoms with E-state index in [0.717, 1.165) is 11.1 Å². The maximum Gasteiger partial charge on any atom is 0.344 e. The molecule has 0 saturated carbocycles. The van der Waals surface area contributed by atoms with Gasteiger partial charge in [0.25, 0.3) is 0 Å². The highest BCUT2D eigenvalue weighted by Crippen LogP contribution is 2.38. The van der Waals surface area contributed by atoms with E-state index in [4.69, 9.17) is 9.84 Å². The van der Waals surface area contributed by atoms with E-state index in [-0.39, 0.29) is 5.75 Å². The first-order valence-electron chi connectivity index (χ1n) is 8.82. The predicted octanol–water partition coefficient (Wildman–Crippen LogP) is 5.74. The first kappa shape index (κ1) is 21.9. The minimum Gasteiger partial charge on any atom is -0.508 e. The van der Waals surface area contributed by atoms with Crippen LogP contribution in [0.4, 0.5) is 0 Å². The van der Waals surface area contributed by atoms with Crippen molar-refractivity contribution < 1.29 is 24.6 Å². The monoisotopic (exact) mass is 533 g/mol. The molecule has 0 aliphatic rings. The molecule has 30 heavy (non-hydrogen) atoms. The third-order valence-electron chi connectivity index (χ3n) is 3.99. The molecule has 0 unspecified atom stereocenters. The number of nitrogens with zero attached hydrogens (tertiary/aromatic N) is 1. The van der Waals surface area contributed by atoms with Gasteiger partial charge in [0.2, 0.25) is 6.61 Å². The summed E-state index contributed by atoms with van der Waals surface area (Å²) in [6.07, 6.45) is 1.98. The SMILES string of the molecule is O=C(O)CON=Cc1cc(Br)c(Oc2ccc(O)c(Cc3ccccc3)c2)c(Br)c1. The highest BCUT2D eigenvalue weighted by Gasteiger charge is 2.12. The van der Waals surface area contributed by atoms with Gasteiger partial charge in [-0.15, -0.1) is 0 Å². The van der Waals surface area contributed by atoms with E-state index in [1.54, 1.807) is 30.3 Å². The first-order valence-corrected chi connectivity index (χ1v) is 10.4. The Kier molecular flexibility index (Phi) is 7.48. The topological polar surface area (TPSA) is 88.4 Å². The fraction of sp³-hybridized carbons (Fsp3) is 0.0909. The summed E-state index contributed by atoms with van der Waals surface area (Å²) in [5.41, 5.74) is 2.52. The molecule has 2 N–H and O–H groups in total. The van der Waals surface area contributed by atoms with Crippen molar-refractivity contribution in [3.63, 3.8) is 0 Å². The maximum absolute atomic E-state index is 10.4. The van der Waals surface area contributed by atoms with Crippen LogP contribution in [0.5, 0.6) is 17.2 Å². The van der Waals surface area contributed by atoms with E-state index in [1.807, 2.05) is 30.3 Å². The van der Waals surface area contributed by atoms with Crippen molar-refractivity contribution in [2.24, 2.45) is 5.16 Å². The Morgan fingerprint density at radius 2 is 1.73 bits per heavy atom. The van der Waals surface area contributed by atoms with Crippen LogP contribution in [0.15, 0.2) is 74.8 Å². The lowest BCUT2D eigenvalue weighted by molar-refractivity contribution is -0.142. The van der Waals surface area contributed by atoms with Crippen LogP contribution >= 0.6 is 31.9 Å². The normalized spacial score (nSPS) is 10.9. The molecule has 0 radical (unpaired) electrons. The van der Waals surface area contributed by atoms with Gasteiger partial charge in [-0.25, -0.2) is 4.79 Å². The molecule has 0 saturated heterocycles. The van der Waals surface area contributed by atoms with Crippen molar-refractivity contribution in [1.29, 1.82) is 0 Å². The average Bonchev–Trinajstić information content (AvgIpc) is 2.71. The van der Waals surface area contributed by atoms with Crippen molar-refractivity contribution in [2.45, 2.75) is 6.42 Å². The number of phenols is 1. The third kappa shape index (κ3) is 6.08. The summed E-state index contributed by atoms with van der Waals surface area (Å²) in [7, 11) is 0. The fourth-order valence-electron chi connectivity index (χ4n) is 2.64. The summed E-state index contributed by atoms with van der Waals surface area (Å²) in [4.78, 5) is 15.1. The quantitative estimate of drug-likeness (QED) is 0.284. The Labute approximate surface area is 190 Å². The number of carboxylic acid groups (broad SMARTS) is 1. The van der Waals surface area contributed by atoms with Crippen LogP contribution in [-0.2, 0) is 16.1 Å². The number of aromatic hydroxyl groups is 1.